The van der Waals surface area contributed by atoms with Gasteiger partial charge in [0.1, 0.15) is 0 Å². The Labute approximate surface area is 137 Å². The van der Waals surface area contributed by atoms with E-state index in [1.165, 1.54) is 5.69 Å². The van der Waals surface area contributed by atoms with Crippen molar-refractivity contribution in [1.82, 2.24) is 19.8 Å². The Kier molecular flexibility index (Phi) is 5.81. The van der Waals surface area contributed by atoms with Gasteiger partial charge in [-0.1, -0.05) is 0 Å². The highest BCUT2D eigenvalue weighted by atomic mass is 79.9. The molecule has 2 aromatic heterocycles. The molecule has 0 radical (unpaired) electrons. The number of halogens is 1. The molecule has 0 unspecified atom stereocenters. The SMILES string of the molecule is CN=C(NCCc1nccs1)N(C)Cc1cc(Br)cn1C. The van der Waals surface area contributed by atoms with E-state index < -0.39 is 0 Å². The average molecular weight is 370 g/mol. The van der Waals surface area contributed by atoms with E-state index in [2.05, 4.69) is 53.0 Å². The maximum Gasteiger partial charge on any atom is 0.193 e. The van der Waals surface area contributed by atoms with E-state index in [0.29, 0.717) is 0 Å². The van der Waals surface area contributed by atoms with Crippen LogP contribution in [-0.2, 0) is 20.0 Å². The van der Waals surface area contributed by atoms with Crippen LogP contribution >= 0.6 is 27.3 Å². The molecule has 7 heteroatoms. The van der Waals surface area contributed by atoms with Crippen molar-refractivity contribution in [3.8, 4) is 0 Å². The molecule has 0 saturated carbocycles. The summed E-state index contributed by atoms with van der Waals surface area (Å²) in [5, 5.41) is 6.52. The van der Waals surface area contributed by atoms with Crippen molar-refractivity contribution in [3.63, 3.8) is 0 Å². The number of nitrogens with one attached hydrogen (secondary N) is 1. The van der Waals surface area contributed by atoms with Gasteiger partial charge in [0.15, 0.2) is 5.96 Å². The fourth-order valence-corrected chi connectivity index (χ4v) is 3.28. The zero-order valence-electron chi connectivity index (χ0n) is 12.5. The zero-order valence-corrected chi connectivity index (χ0v) is 14.9. The third-order valence-corrected chi connectivity index (χ3v) is 4.43. The number of aliphatic imine (C=N–C) groups is 1. The highest BCUT2D eigenvalue weighted by Crippen LogP contribution is 2.14. The minimum absolute atomic E-state index is 0.805. The first-order valence-electron chi connectivity index (χ1n) is 6.71. The molecule has 21 heavy (non-hydrogen) atoms. The number of rotatable bonds is 5. The minimum Gasteiger partial charge on any atom is -0.356 e. The summed E-state index contributed by atoms with van der Waals surface area (Å²) in [6.45, 7) is 1.64. The van der Waals surface area contributed by atoms with Gasteiger partial charge in [0.05, 0.1) is 11.6 Å². The van der Waals surface area contributed by atoms with E-state index in [4.69, 9.17) is 0 Å². The number of aromatic nitrogens is 2. The molecule has 0 bridgehead atoms. The molecular weight excluding hydrogens is 350 g/mol. The van der Waals surface area contributed by atoms with Crippen LogP contribution in [0.2, 0.25) is 0 Å². The largest absolute Gasteiger partial charge is 0.356 e. The molecule has 0 atom stereocenters. The molecule has 2 rings (SSSR count). The van der Waals surface area contributed by atoms with E-state index in [9.17, 15) is 0 Å². The van der Waals surface area contributed by atoms with Crippen LogP contribution in [0.25, 0.3) is 0 Å². The summed E-state index contributed by atoms with van der Waals surface area (Å²) in [4.78, 5) is 10.7. The molecule has 2 heterocycles. The van der Waals surface area contributed by atoms with Crippen molar-refractivity contribution in [2.24, 2.45) is 12.0 Å². The summed E-state index contributed by atoms with van der Waals surface area (Å²) in [6, 6.07) is 2.12. The lowest BCUT2D eigenvalue weighted by Gasteiger charge is -2.22. The molecular formula is C14H20BrN5S. The second-order valence-corrected chi connectivity index (χ2v) is 6.66. The topological polar surface area (TPSA) is 45.5 Å². The summed E-state index contributed by atoms with van der Waals surface area (Å²) < 4.78 is 3.21. The summed E-state index contributed by atoms with van der Waals surface area (Å²) in [7, 11) is 5.90. The van der Waals surface area contributed by atoms with Gasteiger partial charge in [0, 0.05) is 62.0 Å². The summed E-state index contributed by atoms with van der Waals surface area (Å²) in [5.74, 6) is 0.892. The predicted octanol–water partition coefficient (Wildman–Crippen LogP) is 2.49. The second-order valence-electron chi connectivity index (χ2n) is 4.77. The maximum atomic E-state index is 4.33. The van der Waals surface area contributed by atoms with Crippen molar-refractivity contribution in [1.29, 1.82) is 0 Å². The molecule has 0 amide bonds. The second kappa shape index (κ2) is 7.61. The molecule has 0 aromatic carbocycles. The van der Waals surface area contributed by atoms with Gasteiger partial charge in [-0.15, -0.1) is 11.3 Å². The highest BCUT2D eigenvalue weighted by molar-refractivity contribution is 9.10. The van der Waals surface area contributed by atoms with Gasteiger partial charge in [-0.3, -0.25) is 4.99 Å². The monoisotopic (exact) mass is 369 g/mol. The Morgan fingerprint density at radius 2 is 2.38 bits per heavy atom. The van der Waals surface area contributed by atoms with Crippen molar-refractivity contribution >= 4 is 33.2 Å². The fraction of sp³-hybridized carbons (Fsp3) is 0.429. The maximum absolute atomic E-state index is 4.33. The quantitative estimate of drug-likeness (QED) is 0.650. The first-order chi connectivity index (χ1) is 10.1. The summed E-state index contributed by atoms with van der Waals surface area (Å²) >= 11 is 5.18. The molecule has 1 N–H and O–H groups in total. The van der Waals surface area contributed by atoms with Crippen LogP contribution in [0.3, 0.4) is 0 Å². The lowest BCUT2D eigenvalue weighted by molar-refractivity contribution is 0.462. The van der Waals surface area contributed by atoms with Gasteiger partial charge in [-0.25, -0.2) is 4.98 Å². The van der Waals surface area contributed by atoms with E-state index in [1.54, 1.807) is 11.3 Å². The Balaban J connectivity index is 1.86. The molecule has 0 spiro atoms. The van der Waals surface area contributed by atoms with Crippen LogP contribution in [0, 0.1) is 0 Å². The molecule has 0 aliphatic rings. The predicted molar refractivity (Wildman–Crippen MR) is 91.8 cm³/mol. The number of hydrogen-bond acceptors (Lipinski definition) is 3. The molecule has 2 aromatic rings. The van der Waals surface area contributed by atoms with Crippen molar-refractivity contribution < 1.29 is 0 Å². The van der Waals surface area contributed by atoms with E-state index >= 15 is 0 Å². The Bertz CT molecular complexity index is 591. The number of aryl methyl sites for hydroxylation is 1. The Morgan fingerprint density at radius 3 is 2.95 bits per heavy atom. The van der Waals surface area contributed by atoms with Crippen LogP contribution in [0.1, 0.15) is 10.7 Å². The van der Waals surface area contributed by atoms with Crippen LogP contribution in [0.5, 0.6) is 0 Å². The lowest BCUT2D eigenvalue weighted by Crippen LogP contribution is -2.39. The molecule has 0 aliphatic heterocycles. The standard InChI is InChI=1S/C14H20BrN5S/c1-16-14(18-5-4-13-17-6-7-21-13)20(3)10-12-8-11(15)9-19(12)2/h6-9H,4-5,10H2,1-3H3,(H,16,18). The first-order valence-corrected chi connectivity index (χ1v) is 8.38. The molecule has 0 saturated heterocycles. The van der Waals surface area contributed by atoms with Crippen LogP contribution in [0.15, 0.2) is 33.3 Å². The number of hydrogen-bond donors (Lipinski definition) is 1. The van der Waals surface area contributed by atoms with Gasteiger partial charge in [0.2, 0.25) is 0 Å². The minimum atomic E-state index is 0.805. The lowest BCUT2D eigenvalue weighted by atomic mass is 10.4. The van der Waals surface area contributed by atoms with Gasteiger partial charge < -0.3 is 14.8 Å². The normalized spacial score (nSPS) is 11.7. The van der Waals surface area contributed by atoms with Crippen molar-refractivity contribution in [2.45, 2.75) is 13.0 Å². The molecule has 0 aliphatic carbocycles. The molecule has 5 nitrogen and oxygen atoms in total. The number of guanidine groups is 1. The Morgan fingerprint density at radius 1 is 1.57 bits per heavy atom. The molecule has 114 valence electrons. The van der Waals surface area contributed by atoms with Gasteiger partial charge in [-0.2, -0.15) is 0 Å². The van der Waals surface area contributed by atoms with E-state index in [1.807, 2.05) is 32.7 Å². The third-order valence-electron chi connectivity index (χ3n) is 3.15. The van der Waals surface area contributed by atoms with Crippen LogP contribution in [-0.4, -0.2) is 41.1 Å². The van der Waals surface area contributed by atoms with Crippen molar-refractivity contribution in [3.05, 3.63) is 39.0 Å². The van der Waals surface area contributed by atoms with Crippen LogP contribution in [0.4, 0.5) is 0 Å². The van der Waals surface area contributed by atoms with Crippen molar-refractivity contribution in [2.75, 3.05) is 20.6 Å². The van der Waals surface area contributed by atoms with E-state index in [-0.39, 0.29) is 0 Å². The van der Waals surface area contributed by atoms with Crippen LogP contribution < -0.4 is 5.32 Å². The van der Waals surface area contributed by atoms with Gasteiger partial charge in [0.25, 0.3) is 0 Å². The van der Waals surface area contributed by atoms with E-state index in [0.717, 1.165) is 35.0 Å². The van der Waals surface area contributed by atoms with Gasteiger partial charge in [-0.05, 0) is 22.0 Å². The smallest absolute Gasteiger partial charge is 0.193 e. The first kappa shape index (κ1) is 16.0. The Hall–Kier alpha value is -1.34. The summed E-state index contributed by atoms with van der Waals surface area (Å²) in [5.41, 5.74) is 1.23. The molecule has 0 fully saturated rings. The van der Waals surface area contributed by atoms with Gasteiger partial charge >= 0.3 is 0 Å². The fourth-order valence-electron chi connectivity index (χ4n) is 2.08. The number of nitrogens with zero attached hydrogens (tertiary/aromatic N) is 4. The summed E-state index contributed by atoms with van der Waals surface area (Å²) in [6.07, 6.45) is 4.82. The average Bonchev–Trinajstić information content (AvgIpc) is 3.05. The third kappa shape index (κ3) is 4.57. The highest BCUT2D eigenvalue weighted by Gasteiger charge is 2.09. The zero-order chi connectivity index (χ0) is 15.2. The number of thiazole rings is 1.